The zero-order chi connectivity index (χ0) is 13.6. The zero-order valence-corrected chi connectivity index (χ0v) is 12.4. The maximum atomic E-state index is 6.21. The van der Waals surface area contributed by atoms with Crippen LogP contribution in [0.2, 0.25) is 0 Å². The molecule has 2 heterocycles. The molecule has 0 amide bonds. The van der Waals surface area contributed by atoms with Crippen molar-refractivity contribution in [3.8, 4) is 0 Å². The third-order valence-corrected chi connectivity index (χ3v) is 4.24. The summed E-state index contributed by atoms with van der Waals surface area (Å²) in [5, 5.41) is 0. The first kappa shape index (κ1) is 14.3. The molecule has 0 saturated carbocycles. The van der Waals surface area contributed by atoms with Crippen LogP contribution in [0.4, 0.5) is 0 Å². The molecule has 106 valence electrons. The molecule has 2 saturated heterocycles. The van der Waals surface area contributed by atoms with E-state index in [9.17, 15) is 0 Å². The highest BCUT2D eigenvalue weighted by atomic mass is 16.5. The molecule has 0 spiro atoms. The molecule has 2 aliphatic heterocycles. The van der Waals surface area contributed by atoms with E-state index in [0.717, 1.165) is 19.6 Å². The Labute approximate surface area is 111 Å². The summed E-state index contributed by atoms with van der Waals surface area (Å²) in [6.07, 6.45) is 1.24. The Balaban J connectivity index is 2.14. The van der Waals surface area contributed by atoms with E-state index in [1.807, 2.05) is 0 Å². The predicted octanol–water partition coefficient (Wildman–Crippen LogP) is 1.38. The van der Waals surface area contributed by atoms with Gasteiger partial charge in [0.15, 0.2) is 0 Å². The van der Waals surface area contributed by atoms with Crippen molar-refractivity contribution in [3.63, 3.8) is 0 Å². The van der Waals surface area contributed by atoms with Gasteiger partial charge in [0.25, 0.3) is 0 Å². The standard InChI is InChI=1S/C14H28N2O2/c1-10-9-17-11(7-15)8-16(10)12-6-13(2,3)18-14(12,4)5/h10-12H,6-9,15H2,1-5H3. The molecule has 2 fully saturated rings. The smallest absolute Gasteiger partial charge is 0.0824 e. The van der Waals surface area contributed by atoms with Crippen LogP contribution in [-0.4, -0.2) is 54.0 Å². The summed E-state index contributed by atoms with van der Waals surface area (Å²) in [5.74, 6) is 0. The van der Waals surface area contributed by atoms with E-state index in [0.29, 0.717) is 18.6 Å². The van der Waals surface area contributed by atoms with E-state index in [1.165, 1.54) is 0 Å². The van der Waals surface area contributed by atoms with Crippen molar-refractivity contribution in [2.75, 3.05) is 19.7 Å². The Kier molecular flexibility index (Phi) is 3.76. The lowest BCUT2D eigenvalue weighted by Gasteiger charge is -2.44. The van der Waals surface area contributed by atoms with Crippen molar-refractivity contribution < 1.29 is 9.47 Å². The second-order valence-corrected chi connectivity index (χ2v) is 6.92. The van der Waals surface area contributed by atoms with Gasteiger partial charge in [-0.25, -0.2) is 0 Å². The molecule has 0 aromatic rings. The Morgan fingerprint density at radius 3 is 2.44 bits per heavy atom. The van der Waals surface area contributed by atoms with Crippen LogP contribution in [0.25, 0.3) is 0 Å². The summed E-state index contributed by atoms with van der Waals surface area (Å²) in [7, 11) is 0. The molecule has 0 bridgehead atoms. The van der Waals surface area contributed by atoms with Crippen LogP contribution >= 0.6 is 0 Å². The molecule has 4 nitrogen and oxygen atoms in total. The second-order valence-electron chi connectivity index (χ2n) is 6.92. The SMILES string of the molecule is CC1COC(CN)CN1C1CC(C)(C)OC1(C)C. The van der Waals surface area contributed by atoms with Gasteiger partial charge in [0.2, 0.25) is 0 Å². The lowest BCUT2D eigenvalue weighted by Crippen LogP contribution is -2.58. The molecule has 2 aliphatic rings. The van der Waals surface area contributed by atoms with Gasteiger partial charge in [-0.3, -0.25) is 4.90 Å². The monoisotopic (exact) mass is 256 g/mol. The van der Waals surface area contributed by atoms with Crippen LogP contribution in [0.1, 0.15) is 41.0 Å². The van der Waals surface area contributed by atoms with Gasteiger partial charge in [-0.15, -0.1) is 0 Å². The van der Waals surface area contributed by atoms with Gasteiger partial charge in [-0.05, 0) is 41.0 Å². The Morgan fingerprint density at radius 1 is 1.28 bits per heavy atom. The first-order valence-corrected chi connectivity index (χ1v) is 7.03. The molecule has 0 aromatic carbocycles. The average Bonchev–Trinajstić information content (AvgIpc) is 2.47. The molecule has 2 rings (SSSR count). The van der Waals surface area contributed by atoms with E-state index in [4.69, 9.17) is 15.2 Å². The van der Waals surface area contributed by atoms with E-state index in [-0.39, 0.29) is 17.3 Å². The number of hydrogen-bond acceptors (Lipinski definition) is 4. The van der Waals surface area contributed by atoms with Crippen LogP contribution in [0.5, 0.6) is 0 Å². The third-order valence-electron chi connectivity index (χ3n) is 4.24. The number of nitrogens with zero attached hydrogens (tertiary/aromatic N) is 1. The van der Waals surface area contributed by atoms with Crippen LogP contribution in [0.3, 0.4) is 0 Å². The molecule has 3 atom stereocenters. The second kappa shape index (κ2) is 4.75. The molecular weight excluding hydrogens is 228 g/mol. The van der Waals surface area contributed by atoms with Crippen molar-refractivity contribution in [3.05, 3.63) is 0 Å². The topological polar surface area (TPSA) is 47.7 Å². The highest BCUT2D eigenvalue weighted by molar-refractivity contribution is 5.02. The van der Waals surface area contributed by atoms with Crippen LogP contribution in [-0.2, 0) is 9.47 Å². The van der Waals surface area contributed by atoms with E-state index < -0.39 is 0 Å². The quantitative estimate of drug-likeness (QED) is 0.811. The highest BCUT2D eigenvalue weighted by Gasteiger charge is 2.50. The van der Waals surface area contributed by atoms with Crippen LogP contribution in [0, 0.1) is 0 Å². The van der Waals surface area contributed by atoms with Gasteiger partial charge >= 0.3 is 0 Å². The summed E-state index contributed by atoms with van der Waals surface area (Å²) in [6, 6.07) is 0.884. The molecule has 3 unspecified atom stereocenters. The fourth-order valence-corrected chi connectivity index (χ4v) is 3.47. The average molecular weight is 256 g/mol. The van der Waals surface area contributed by atoms with Gasteiger partial charge < -0.3 is 15.2 Å². The first-order valence-electron chi connectivity index (χ1n) is 7.03. The number of ether oxygens (including phenoxy) is 2. The largest absolute Gasteiger partial charge is 0.374 e. The number of rotatable bonds is 2. The highest BCUT2D eigenvalue weighted by Crippen LogP contribution is 2.41. The first-order chi connectivity index (χ1) is 8.25. The maximum Gasteiger partial charge on any atom is 0.0824 e. The van der Waals surface area contributed by atoms with E-state index in [1.54, 1.807) is 0 Å². The lowest BCUT2D eigenvalue weighted by atomic mass is 9.91. The maximum absolute atomic E-state index is 6.21. The molecule has 0 radical (unpaired) electrons. The molecule has 0 aromatic heterocycles. The number of morpholine rings is 1. The fourth-order valence-electron chi connectivity index (χ4n) is 3.47. The van der Waals surface area contributed by atoms with Crippen molar-refractivity contribution in [1.82, 2.24) is 4.90 Å². The van der Waals surface area contributed by atoms with Gasteiger partial charge in [-0.1, -0.05) is 0 Å². The Bertz CT molecular complexity index is 304. The zero-order valence-electron chi connectivity index (χ0n) is 12.4. The fraction of sp³-hybridized carbons (Fsp3) is 1.00. The number of nitrogens with two attached hydrogens (primary N) is 1. The summed E-state index contributed by atoms with van der Waals surface area (Å²) in [4.78, 5) is 2.54. The van der Waals surface area contributed by atoms with Gasteiger partial charge in [0.05, 0.1) is 23.9 Å². The van der Waals surface area contributed by atoms with Crippen molar-refractivity contribution in [2.24, 2.45) is 5.73 Å². The predicted molar refractivity (Wildman–Crippen MR) is 72.6 cm³/mol. The normalized spacial score (nSPS) is 40.0. The van der Waals surface area contributed by atoms with Crippen LogP contribution in [0.15, 0.2) is 0 Å². The minimum Gasteiger partial charge on any atom is -0.374 e. The molecular formula is C14H28N2O2. The molecule has 0 aliphatic carbocycles. The van der Waals surface area contributed by atoms with Crippen molar-refractivity contribution in [2.45, 2.75) is 70.4 Å². The summed E-state index contributed by atoms with van der Waals surface area (Å²) < 4.78 is 11.9. The molecule has 18 heavy (non-hydrogen) atoms. The Morgan fingerprint density at radius 2 is 1.94 bits per heavy atom. The minimum absolute atomic E-state index is 0.0373. The van der Waals surface area contributed by atoms with Gasteiger partial charge in [0.1, 0.15) is 0 Å². The van der Waals surface area contributed by atoms with Gasteiger partial charge in [0, 0.05) is 25.2 Å². The minimum atomic E-state index is -0.103. The van der Waals surface area contributed by atoms with Crippen molar-refractivity contribution >= 4 is 0 Å². The molecule has 2 N–H and O–H groups in total. The van der Waals surface area contributed by atoms with Gasteiger partial charge in [-0.2, -0.15) is 0 Å². The number of hydrogen-bond donors (Lipinski definition) is 1. The van der Waals surface area contributed by atoms with Crippen LogP contribution < -0.4 is 5.73 Å². The molecule has 4 heteroatoms. The Hall–Kier alpha value is -0.160. The summed E-state index contributed by atoms with van der Waals surface area (Å²) in [5.41, 5.74) is 5.61. The van der Waals surface area contributed by atoms with E-state index in [2.05, 4.69) is 39.5 Å². The summed E-state index contributed by atoms with van der Waals surface area (Å²) in [6.45, 7) is 13.3. The van der Waals surface area contributed by atoms with E-state index >= 15 is 0 Å². The third kappa shape index (κ3) is 2.72. The summed E-state index contributed by atoms with van der Waals surface area (Å²) >= 11 is 0. The lowest BCUT2D eigenvalue weighted by molar-refractivity contribution is -0.112. The van der Waals surface area contributed by atoms with Crippen molar-refractivity contribution in [1.29, 1.82) is 0 Å².